The Morgan fingerprint density at radius 2 is 1.77 bits per heavy atom. The van der Waals surface area contributed by atoms with Crippen molar-refractivity contribution in [2.45, 2.75) is 31.3 Å². The van der Waals surface area contributed by atoms with Gasteiger partial charge in [0.25, 0.3) is 0 Å². The molecule has 0 spiro atoms. The minimum atomic E-state index is -4.48. The molecule has 1 N–H and O–H groups in total. The maximum Gasteiger partial charge on any atom is 0.416 e. The molecule has 0 saturated heterocycles. The van der Waals surface area contributed by atoms with E-state index in [-0.39, 0.29) is 22.7 Å². The molecule has 10 heteroatoms. The molecule has 3 rings (SSSR count). The summed E-state index contributed by atoms with van der Waals surface area (Å²) in [7, 11) is -3.54. The number of hydrogen-bond acceptors (Lipinski definition) is 4. The van der Waals surface area contributed by atoms with Crippen molar-refractivity contribution in [2.75, 3.05) is 11.6 Å². The molecule has 0 unspecified atom stereocenters. The molecule has 0 radical (unpaired) electrons. The maximum atomic E-state index is 13.0. The number of alkyl halides is 3. The molecule has 3 aromatic rings. The topological polar surface area (TPSA) is 81.1 Å². The molecule has 0 aliphatic rings. The second kappa shape index (κ2) is 8.18. The fourth-order valence-electron chi connectivity index (χ4n) is 3.24. The molecule has 0 fully saturated rings. The van der Waals surface area contributed by atoms with E-state index in [0.717, 1.165) is 18.4 Å². The van der Waals surface area contributed by atoms with Gasteiger partial charge >= 0.3 is 6.18 Å². The highest BCUT2D eigenvalue weighted by atomic mass is 32.2. The summed E-state index contributed by atoms with van der Waals surface area (Å²) in [5.41, 5.74) is 1.14. The second-order valence-corrected chi connectivity index (χ2v) is 9.09. The molecule has 6 nitrogen and oxygen atoms in total. The molecule has 2 aromatic carbocycles. The van der Waals surface area contributed by atoms with Gasteiger partial charge in [-0.25, -0.2) is 13.1 Å². The van der Waals surface area contributed by atoms with Gasteiger partial charge in [0, 0.05) is 17.5 Å². The molecule has 0 bridgehead atoms. The normalized spacial score (nSPS) is 12.1. The lowest BCUT2D eigenvalue weighted by molar-refractivity contribution is -0.137. The number of sulfone groups is 1. The predicted molar refractivity (Wildman–Crippen MR) is 110 cm³/mol. The minimum absolute atomic E-state index is 0.00328. The van der Waals surface area contributed by atoms with E-state index in [0.29, 0.717) is 17.0 Å². The van der Waals surface area contributed by atoms with Crippen molar-refractivity contribution in [3.63, 3.8) is 0 Å². The van der Waals surface area contributed by atoms with Crippen LogP contribution in [-0.4, -0.2) is 30.4 Å². The molecule has 0 atom stereocenters. The van der Waals surface area contributed by atoms with Crippen LogP contribution >= 0.6 is 0 Å². The Kier molecular flexibility index (Phi) is 5.95. The van der Waals surface area contributed by atoms with E-state index in [1.54, 1.807) is 26.0 Å². The SMILES string of the molecule is Cc1nn(-c2cccc(C(F)(F)F)c2)c(C)c1CC(=O)Nc1ccccc1S(C)(=O)=O. The summed E-state index contributed by atoms with van der Waals surface area (Å²) in [5.74, 6) is -0.467. The number of aromatic nitrogens is 2. The number of amides is 1. The van der Waals surface area contributed by atoms with Crippen molar-refractivity contribution < 1.29 is 26.4 Å². The number of carbonyl (C=O) groups is 1. The zero-order chi connectivity index (χ0) is 23.0. The molecular formula is C21H20F3N3O3S. The van der Waals surface area contributed by atoms with Gasteiger partial charge in [0.05, 0.1) is 33.9 Å². The minimum Gasteiger partial charge on any atom is -0.325 e. The number of rotatable bonds is 5. The van der Waals surface area contributed by atoms with Crippen LogP contribution in [0.5, 0.6) is 0 Å². The number of benzene rings is 2. The van der Waals surface area contributed by atoms with E-state index in [1.165, 1.54) is 28.9 Å². The summed E-state index contributed by atoms with van der Waals surface area (Å²) in [6.45, 7) is 3.32. The van der Waals surface area contributed by atoms with Gasteiger partial charge in [0.15, 0.2) is 9.84 Å². The lowest BCUT2D eigenvalue weighted by Crippen LogP contribution is -2.17. The monoisotopic (exact) mass is 451 g/mol. The molecule has 31 heavy (non-hydrogen) atoms. The Balaban J connectivity index is 1.88. The maximum absolute atomic E-state index is 13.0. The van der Waals surface area contributed by atoms with Crippen LogP contribution in [0.15, 0.2) is 53.4 Å². The average molecular weight is 451 g/mol. The molecule has 0 aliphatic heterocycles. The van der Waals surface area contributed by atoms with Gasteiger partial charge in [0.1, 0.15) is 0 Å². The number of aryl methyl sites for hydroxylation is 1. The van der Waals surface area contributed by atoms with Gasteiger partial charge < -0.3 is 5.32 Å². The van der Waals surface area contributed by atoms with Crippen molar-refractivity contribution in [3.05, 3.63) is 71.0 Å². The molecule has 164 valence electrons. The van der Waals surface area contributed by atoms with Crippen LogP contribution in [0.25, 0.3) is 5.69 Å². The highest BCUT2D eigenvalue weighted by molar-refractivity contribution is 7.90. The molecule has 1 heterocycles. The van der Waals surface area contributed by atoms with Crippen molar-refractivity contribution in [1.29, 1.82) is 0 Å². The van der Waals surface area contributed by atoms with E-state index in [2.05, 4.69) is 10.4 Å². The summed E-state index contributed by atoms with van der Waals surface area (Å²) in [5, 5.41) is 6.89. The van der Waals surface area contributed by atoms with E-state index in [4.69, 9.17) is 0 Å². The second-order valence-electron chi connectivity index (χ2n) is 7.10. The average Bonchev–Trinajstić information content (AvgIpc) is 2.95. The van der Waals surface area contributed by atoms with Crippen molar-refractivity contribution in [1.82, 2.24) is 9.78 Å². The zero-order valence-corrected chi connectivity index (χ0v) is 17.8. The number of halogens is 3. The van der Waals surface area contributed by atoms with Crippen LogP contribution in [0.1, 0.15) is 22.5 Å². The fraction of sp³-hybridized carbons (Fsp3) is 0.238. The number of carbonyl (C=O) groups excluding carboxylic acids is 1. The quantitative estimate of drug-likeness (QED) is 0.634. The van der Waals surface area contributed by atoms with Gasteiger partial charge in [-0.2, -0.15) is 18.3 Å². The van der Waals surface area contributed by atoms with Crippen molar-refractivity contribution in [3.8, 4) is 5.69 Å². The smallest absolute Gasteiger partial charge is 0.325 e. The van der Waals surface area contributed by atoms with Crippen molar-refractivity contribution >= 4 is 21.4 Å². The first-order valence-electron chi connectivity index (χ1n) is 9.19. The van der Waals surface area contributed by atoms with Crippen molar-refractivity contribution in [2.24, 2.45) is 0 Å². The molecule has 1 aromatic heterocycles. The van der Waals surface area contributed by atoms with Gasteiger partial charge in [-0.1, -0.05) is 18.2 Å². The zero-order valence-electron chi connectivity index (χ0n) is 17.0. The first-order chi connectivity index (χ1) is 14.4. The Labute approximate surface area is 177 Å². The van der Waals surface area contributed by atoms with E-state index < -0.39 is 27.5 Å². The fourth-order valence-corrected chi connectivity index (χ4v) is 4.09. The largest absolute Gasteiger partial charge is 0.416 e. The van der Waals surface area contributed by atoms with E-state index in [1.807, 2.05) is 0 Å². The van der Waals surface area contributed by atoms with Crippen LogP contribution in [0.4, 0.5) is 18.9 Å². The number of nitrogens with zero attached hydrogens (tertiary/aromatic N) is 2. The highest BCUT2D eigenvalue weighted by Gasteiger charge is 2.31. The molecule has 1 amide bonds. The van der Waals surface area contributed by atoms with Gasteiger partial charge in [-0.15, -0.1) is 0 Å². The first kappa shape index (κ1) is 22.5. The summed E-state index contributed by atoms with van der Waals surface area (Å²) >= 11 is 0. The first-order valence-corrected chi connectivity index (χ1v) is 11.1. The van der Waals surface area contributed by atoms with Crippen LogP contribution in [0.2, 0.25) is 0 Å². The Morgan fingerprint density at radius 1 is 1.10 bits per heavy atom. The lowest BCUT2D eigenvalue weighted by Gasteiger charge is -2.11. The van der Waals surface area contributed by atoms with Gasteiger partial charge in [0.2, 0.25) is 5.91 Å². The molecule has 0 aliphatic carbocycles. The number of para-hydroxylation sites is 1. The van der Waals surface area contributed by atoms with Crippen LogP contribution in [0, 0.1) is 13.8 Å². The lowest BCUT2D eigenvalue weighted by atomic mass is 10.1. The van der Waals surface area contributed by atoms with Gasteiger partial charge in [-0.3, -0.25) is 4.79 Å². The third kappa shape index (κ3) is 4.96. The highest BCUT2D eigenvalue weighted by Crippen LogP contribution is 2.31. The third-order valence-electron chi connectivity index (χ3n) is 4.76. The van der Waals surface area contributed by atoms with Crippen LogP contribution < -0.4 is 5.32 Å². The predicted octanol–water partition coefficient (Wildman–Crippen LogP) is 4.09. The van der Waals surface area contributed by atoms with Crippen LogP contribution in [0.3, 0.4) is 0 Å². The van der Waals surface area contributed by atoms with E-state index >= 15 is 0 Å². The molecular weight excluding hydrogens is 431 g/mol. The summed E-state index contributed by atoms with van der Waals surface area (Å²) in [6, 6.07) is 10.8. The standard InChI is InChI=1S/C21H20F3N3O3S/c1-13-17(12-20(28)25-18-9-4-5-10-19(18)31(3,29)30)14(2)27(26-13)16-8-6-7-15(11-16)21(22,23)24/h4-11H,12H2,1-3H3,(H,25,28). The Bertz CT molecular complexity index is 1250. The summed E-state index contributed by atoms with van der Waals surface area (Å²) in [6.07, 6.45) is -3.55. The van der Waals surface area contributed by atoms with Gasteiger partial charge in [-0.05, 0) is 44.2 Å². The summed E-state index contributed by atoms with van der Waals surface area (Å²) < 4.78 is 64.3. The Morgan fingerprint density at radius 3 is 2.42 bits per heavy atom. The third-order valence-corrected chi connectivity index (χ3v) is 5.91. The number of nitrogens with one attached hydrogen (secondary N) is 1. The summed E-state index contributed by atoms with van der Waals surface area (Å²) in [4.78, 5) is 12.6. The van der Waals surface area contributed by atoms with E-state index in [9.17, 15) is 26.4 Å². The molecule has 0 saturated carbocycles. The van der Waals surface area contributed by atoms with Crippen LogP contribution in [-0.2, 0) is 27.2 Å². The number of hydrogen-bond donors (Lipinski definition) is 1. The number of anilines is 1. The Hall–Kier alpha value is -3.14.